The predicted molar refractivity (Wildman–Crippen MR) is 314 cm³/mol. The number of alkyl carbamates (subject to hydrolysis) is 1. The predicted octanol–water partition coefficient (Wildman–Crippen LogP) is 9.97. The lowest BCUT2D eigenvalue weighted by Gasteiger charge is -2.27. The Bertz CT molecular complexity index is 2850. The Morgan fingerprint density at radius 3 is 1.34 bits per heavy atom. The van der Waals surface area contributed by atoms with E-state index in [9.17, 15) is 33.6 Å². The summed E-state index contributed by atoms with van der Waals surface area (Å²) in [7, 11) is 0. The molecule has 5 N–H and O–H groups in total. The number of esters is 2. The summed E-state index contributed by atoms with van der Waals surface area (Å²) >= 11 is 11.7. The van der Waals surface area contributed by atoms with Crippen LogP contribution in [0, 0.1) is 0 Å². The number of nitrogens with one attached hydrogen (secondary N) is 3. The number of benzene rings is 4. The van der Waals surface area contributed by atoms with Crippen LogP contribution in [0.3, 0.4) is 0 Å². The van der Waals surface area contributed by atoms with Crippen molar-refractivity contribution in [3.8, 4) is 11.5 Å². The maximum absolute atomic E-state index is 12.8. The minimum Gasteiger partial charge on any atom is -0.476 e. The number of hydrogen-bond donors (Lipinski definition) is 4. The van der Waals surface area contributed by atoms with Crippen molar-refractivity contribution in [1.82, 2.24) is 25.8 Å². The van der Waals surface area contributed by atoms with E-state index in [1.54, 1.807) is 131 Å². The third-order valence-corrected chi connectivity index (χ3v) is 14.7. The average molecular weight is 1210 g/mol. The molecule has 0 radical (unpaired) electrons. The van der Waals surface area contributed by atoms with Crippen LogP contribution in [0.25, 0.3) is 0 Å². The molecule has 4 heterocycles. The number of carbonyl (C=O) groups is 7. The molecule has 4 aliphatic rings. The number of nitrogens with zero attached hydrogens (tertiary/aromatic N) is 2. The Kier molecular flexibility index (Phi) is 23.7. The quantitative estimate of drug-likeness (QED) is 0.0387. The van der Waals surface area contributed by atoms with Crippen LogP contribution in [-0.2, 0) is 46.1 Å². The largest absolute Gasteiger partial charge is 0.476 e. The molecule has 6 atom stereocenters. The van der Waals surface area contributed by atoms with E-state index in [0.29, 0.717) is 65.0 Å². The lowest BCUT2D eigenvalue weighted by Crippen LogP contribution is -2.47. The average Bonchev–Trinajstić information content (AvgIpc) is 4.27. The molecular formula is C60H77Cl3N6O14. The maximum Gasteiger partial charge on any atom is 0.413 e. The number of ether oxygens (including phenoxy) is 7. The number of rotatable bonds is 19. The first kappa shape index (κ1) is 66.8. The molecule has 452 valence electrons. The molecule has 23 heteroatoms. The number of nitrogens with two attached hydrogens (primary N) is 1. The van der Waals surface area contributed by atoms with E-state index >= 15 is 0 Å². The first-order chi connectivity index (χ1) is 38.4. The minimum absolute atomic E-state index is 0. The first-order valence-corrected chi connectivity index (χ1v) is 27.7. The number of fused-ring (bicyclic) bond motifs is 4. The molecule has 0 aliphatic carbocycles. The van der Waals surface area contributed by atoms with Gasteiger partial charge in [0.1, 0.15) is 17.1 Å². The van der Waals surface area contributed by atoms with Gasteiger partial charge >= 0.3 is 30.2 Å². The molecule has 5 amide bonds. The SMILES string of the molecule is C.CC(C)(C)OC(=O)N[C@H]1CC2CCC1N2C(=O)OCOC(=O)C(C)(C)Oc1ccc(CCNC(=O)c2ccc(Cl)cc2)cc1.CC(C)(Oc1ccc(CCNC(=O)c2ccc(Cl)cc2)cc1)C(=O)OCOC(=O)N1C2CCC1[C@@H](N)C2.Cl. The van der Waals surface area contributed by atoms with Gasteiger partial charge in [-0.05, 0) is 184 Å². The maximum atomic E-state index is 12.8. The first-order valence-electron chi connectivity index (χ1n) is 27.0. The van der Waals surface area contributed by atoms with Gasteiger partial charge in [-0.15, -0.1) is 12.4 Å². The van der Waals surface area contributed by atoms with Crippen LogP contribution >= 0.6 is 35.6 Å². The topological polar surface area (TPSA) is 253 Å². The molecule has 0 spiro atoms. The molecule has 0 saturated carbocycles. The minimum atomic E-state index is -1.35. The van der Waals surface area contributed by atoms with Gasteiger partial charge in [0.25, 0.3) is 11.8 Å². The van der Waals surface area contributed by atoms with Gasteiger partial charge in [0.05, 0.1) is 18.1 Å². The molecule has 4 aliphatic heterocycles. The van der Waals surface area contributed by atoms with E-state index < -0.39 is 60.6 Å². The summed E-state index contributed by atoms with van der Waals surface area (Å²) in [6, 6.07) is 27.3. The highest BCUT2D eigenvalue weighted by atomic mass is 35.5. The summed E-state index contributed by atoms with van der Waals surface area (Å²) in [4.78, 5) is 90.5. The van der Waals surface area contributed by atoms with E-state index in [2.05, 4.69) is 16.0 Å². The number of amides is 5. The summed E-state index contributed by atoms with van der Waals surface area (Å²) in [5.74, 6) is -0.771. The van der Waals surface area contributed by atoms with Crippen molar-refractivity contribution >= 4 is 77.6 Å². The van der Waals surface area contributed by atoms with Crippen LogP contribution in [0.4, 0.5) is 14.4 Å². The number of hydrogen-bond acceptors (Lipinski definition) is 15. The summed E-state index contributed by atoms with van der Waals surface area (Å²) in [6.07, 6.45) is 4.32. The summed E-state index contributed by atoms with van der Waals surface area (Å²) in [5.41, 5.74) is 5.83. The van der Waals surface area contributed by atoms with Crippen LogP contribution < -0.4 is 31.2 Å². The second kappa shape index (κ2) is 29.5. The Morgan fingerprint density at radius 2 is 0.952 bits per heavy atom. The van der Waals surface area contributed by atoms with Crippen LogP contribution in [-0.4, -0.2) is 132 Å². The molecule has 4 fully saturated rings. The molecule has 4 unspecified atom stereocenters. The Morgan fingerprint density at radius 1 is 0.554 bits per heavy atom. The van der Waals surface area contributed by atoms with Crippen molar-refractivity contribution in [1.29, 1.82) is 0 Å². The zero-order valence-electron chi connectivity index (χ0n) is 47.0. The van der Waals surface area contributed by atoms with Gasteiger partial charge in [-0.2, -0.15) is 0 Å². The van der Waals surface area contributed by atoms with Gasteiger partial charge in [-0.3, -0.25) is 9.59 Å². The highest BCUT2D eigenvalue weighted by Crippen LogP contribution is 2.39. The normalized spacial score (nSPS) is 19.3. The van der Waals surface area contributed by atoms with Gasteiger partial charge in [0.2, 0.25) is 13.6 Å². The lowest BCUT2D eigenvalue weighted by atomic mass is 9.96. The fourth-order valence-electron chi connectivity index (χ4n) is 10.1. The van der Waals surface area contributed by atoms with Gasteiger partial charge in [0.15, 0.2) is 11.2 Å². The molecular weight excluding hydrogens is 1140 g/mol. The Hall–Kier alpha value is -7.00. The highest BCUT2D eigenvalue weighted by Gasteiger charge is 2.51. The van der Waals surface area contributed by atoms with E-state index in [4.69, 9.17) is 62.1 Å². The molecule has 4 saturated heterocycles. The Labute approximate surface area is 501 Å². The Balaban J connectivity index is 0.000000301. The van der Waals surface area contributed by atoms with Gasteiger partial charge in [-0.1, -0.05) is 54.9 Å². The second-order valence-corrected chi connectivity index (χ2v) is 23.1. The fourth-order valence-corrected chi connectivity index (χ4v) is 10.4. The van der Waals surface area contributed by atoms with Crippen molar-refractivity contribution in [2.75, 3.05) is 26.7 Å². The number of halogens is 3. The molecule has 83 heavy (non-hydrogen) atoms. The zero-order valence-corrected chi connectivity index (χ0v) is 49.4. The van der Waals surface area contributed by atoms with Gasteiger partial charge in [-0.25, -0.2) is 24.0 Å². The highest BCUT2D eigenvalue weighted by molar-refractivity contribution is 6.31. The van der Waals surface area contributed by atoms with E-state index in [1.165, 1.54) is 0 Å². The van der Waals surface area contributed by atoms with Gasteiger partial charge in [0, 0.05) is 52.4 Å². The monoisotopic (exact) mass is 1210 g/mol. The molecule has 4 aromatic carbocycles. The van der Waals surface area contributed by atoms with E-state index in [0.717, 1.165) is 43.2 Å². The molecule has 4 bridgehead atoms. The van der Waals surface area contributed by atoms with Crippen LogP contribution in [0.2, 0.25) is 10.0 Å². The number of carbonyl (C=O) groups excluding carboxylic acids is 7. The summed E-state index contributed by atoms with van der Waals surface area (Å²) in [5, 5.41) is 9.75. The van der Waals surface area contributed by atoms with Crippen LogP contribution in [0.5, 0.6) is 11.5 Å². The van der Waals surface area contributed by atoms with E-state index in [1.807, 2.05) is 24.3 Å². The molecule has 8 rings (SSSR count). The van der Waals surface area contributed by atoms with Crippen molar-refractivity contribution in [3.05, 3.63) is 129 Å². The van der Waals surface area contributed by atoms with E-state index in [-0.39, 0.29) is 67.9 Å². The van der Waals surface area contributed by atoms with Crippen molar-refractivity contribution in [2.24, 2.45) is 5.73 Å². The third-order valence-electron chi connectivity index (χ3n) is 14.2. The molecule has 4 aromatic rings. The second-order valence-electron chi connectivity index (χ2n) is 22.3. The van der Waals surface area contributed by atoms with Crippen molar-refractivity contribution in [3.63, 3.8) is 0 Å². The smallest absolute Gasteiger partial charge is 0.413 e. The van der Waals surface area contributed by atoms with Crippen LogP contribution in [0.1, 0.15) is 126 Å². The fraction of sp³-hybridized carbons (Fsp3) is 0.483. The van der Waals surface area contributed by atoms with Crippen molar-refractivity contribution in [2.45, 2.75) is 160 Å². The third kappa shape index (κ3) is 18.8. The van der Waals surface area contributed by atoms with Crippen LogP contribution in [0.15, 0.2) is 97.1 Å². The molecule has 0 aromatic heterocycles. The summed E-state index contributed by atoms with van der Waals surface area (Å²) in [6.45, 7) is 11.5. The summed E-state index contributed by atoms with van der Waals surface area (Å²) < 4.78 is 37.8. The molecule has 20 nitrogen and oxygen atoms in total. The lowest BCUT2D eigenvalue weighted by molar-refractivity contribution is -0.169. The zero-order chi connectivity index (χ0) is 58.6. The standard InChI is InChI=1S/C32H40ClN3O8.C27H32ClN3O6.CH4.ClH/c1-31(2,3)44-29(39)35-25-18-23-12-15-26(25)36(23)30(40)42-19-41-28(38)32(4,5)43-24-13-6-20(7-14-24)16-17-34-27(37)21-8-10-22(33)11-9-21;1-27(2,25(33)35-16-36-26(34)31-20-9-12-23(31)22(29)15-20)37-21-10-3-17(4-11-21)13-14-30-24(32)18-5-7-19(28)8-6-18;;/h6-11,13-14,23,25-26H,12,15-19H2,1-5H3,(H,34,37)(H,35,39);3-8,10-11,20,22-23H,9,12-16,29H2,1-2H3,(H,30,32);1H4;1H/t23?,25-,26?;20?,22-,23?;;/m00../s1. The van der Waals surface area contributed by atoms with Gasteiger partial charge < -0.3 is 64.6 Å². The van der Waals surface area contributed by atoms with Crippen molar-refractivity contribution < 1.29 is 66.7 Å².